The molecule has 0 atom stereocenters. The first-order valence-corrected chi connectivity index (χ1v) is 7.01. The monoisotopic (exact) mass is 327 g/mol. The smallest absolute Gasteiger partial charge is 0.406 e. The molecule has 2 rings (SSSR count). The Balaban J connectivity index is 2.57. The molecule has 0 saturated heterocycles. The maximum Gasteiger partial charge on any atom is 0.573 e. The Hall–Kier alpha value is -2.47. The van der Waals surface area contributed by atoms with Crippen molar-refractivity contribution < 1.29 is 17.9 Å². The van der Waals surface area contributed by atoms with Crippen molar-refractivity contribution in [2.24, 2.45) is 0 Å². The van der Waals surface area contributed by atoms with E-state index < -0.39 is 17.7 Å². The molecule has 114 valence electrons. The summed E-state index contributed by atoms with van der Waals surface area (Å²) in [5.74, 6) is -0.457. The Morgan fingerprint density at radius 3 is 2.73 bits per heavy atom. The van der Waals surface area contributed by atoms with Gasteiger partial charge in [-0.05, 0) is 18.4 Å². The van der Waals surface area contributed by atoms with E-state index in [0.717, 1.165) is 23.9 Å². The number of nitriles is 1. The Labute approximate surface area is 126 Å². The molecule has 0 aliphatic rings. The number of nitrogens with one attached hydrogen (secondary N) is 1. The second-order valence-electron chi connectivity index (χ2n) is 3.99. The zero-order valence-electron chi connectivity index (χ0n) is 11.1. The van der Waals surface area contributed by atoms with Crippen molar-refractivity contribution in [2.45, 2.75) is 11.5 Å². The van der Waals surface area contributed by atoms with Crippen molar-refractivity contribution in [2.75, 3.05) is 6.26 Å². The molecule has 0 spiro atoms. The molecule has 1 aromatic heterocycles. The molecule has 1 heterocycles. The number of benzene rings is 1. The summed E-state index contributed by atoms with van der Waals surface area (Å²) in [4.78, 5) is 18.3. The van der Waals surface area contributed by atoms with Gasteiger partial charge in [0.1, 0.15) is 17.4 Å². The van der Waals surface area contributed by atoms with E-state index in [1.807, 2.05) is 0 Å². The largest absolute Gasteiger partial charge is 0.573 e. The van der Waals surface area contributed by atoms with Crippen molar-refractivity contribution >= 4 is 11.8 Å². The van der Waals surface area contributed by atoms with Crippen LogP contribution in [0.1, 0.15) is 5.56 Å². The van der Waals surface area contributed by atoms with Crippen LogP contribution in [-0.4, -0.2) is 22.6 Å². The van der Waals surface area contributed by atoms with Crippen LogP contribution in [0, 0.1) is 11.3 Å². The Morgan fingerprint density at radius 1 is 1.41 bits per heavy atom. The summed E-state index contributed by atoms with van der Waals surface area (Å²) < 4.78 is 40.6. The summed E-state index contributed by atoms with van der Waals surface area (Å²) >= 11 is 1.14. The van der Waals surface area contributed by atoms with Crippen LogP contribution in [0.25, 0.3) is 11.3 Å². The quantitative estimate of drug-likeness (QED) is 0.693. The molecule has 1 aromatic carbocycles. The minimum atomic E-state index is -4.83. The fourth-order valence-electron chi connectivity index (χ4n) is 1.70. The average molecular weight is 327 g/mol. The van der Waals surface area contributed by atoms with Crippen LogP contribution >= 0.6 is 11.8 Å². The molecule has 2 aromatic rings. The molecular formula is C13H8F3N3O2S. The number of ether oxygens (including phenoxy) is 1. The molecule has 5 nitrogen and oxygen atoms in total. The predicted molar refractivity (Wildman–Crippen MR) is 73.5 cm³/mol. The molecule has 0 unspecified atom stereocenters. The van der Waals surface area contributed by atoms with E-state index in [9.17, 15) is 18.0 Å². The lowest BCUT2D eigenvalue weighted by atomic mass is 10.1. The summed E-state index contributed by atoms with van der Waals surface area (Å²) in [6.45, 7) is 0. The molecule has 9 heteroatoms. The Bertz CT molecular complexity index is 796. The lowest BCUT2D eigenvalue weighted by Crippen LogP contribution is -2.17. The van der Waals surface area contributed by atoms with Crippen LogP contribution in [0.3, 0.4) is 0 Å². The van der Waals surface area contributed by atoms with E-state index in [4.69, 9.17) is 5.26 Å². The number of halogens is 3. The van der Waals surface area contributed by atoms with Crippen LogP contribution in [0.5, 0.6) is 5.75 Å². The number of aromatic nitrogens is 2. The van der Waals surface area contributed by atoms with Crippen molar-refractivity contribution in [3.8, 4) is 23.1 Å². The van der Waals surface area contributed by atoms with Gasteiger partial charge in [0.25, 0.3) is 5.56 Å². The third-order valence-electron chi connectivity index (χ3n) is 2.54. The summed E-state index contributed by atoms with van der Waals surface area (Å²) in [7, 11) is 0. The van der Waals surface area contributed by atoms with E-state index in [2.05, 4.69) is 14.7 Å². The number of H-pyrrole nitrogens is 1. The number of hydrogen-bond donors (Lipinski definition) is 1. The molecule has 1 N–H and O–H groups in total. The third kappa shape index (κ3) is 3.59. The lowest BCUT2D eigenvalue weighted by molar-refractivity contribution is -0.274. The molecule has 0 fully saturated rings. The van der Waals surface area contributed by atoms with Crippen molar-refractivity contribution in [1.29, 1.82) is 5.26 Å². The number of aromatic amines is 1. The Morgan fingerprint density at radius 2 is 2.14 bits per heavy atom. The lowest BCUT2D eigenvalue weighted by Gasteiger charge is -2.10. The van der Waals surface area contributed by atoms with Gasteiger partial charge < -0.3 is 9.72 Å². The number of hydrogen-bond acceptors (Lipinski definition) is 5. The van der Waals surface area contributed by atoms with Gasteiger partial charge in [-0.2, -0.15) is 5.26 Å². The first kappa shape index (κ1) is 15.9. The molecule has 0 radical (unpaired) electrons. The van der Waals surface area contributed by atoms with E-state index >= 15 is 0 Å². The predicted octanol–water partition coefficient (Wildman–Crippen LogP) is 2.93. The summed E-state index contributed by atoms with van der Waals surface area (Å²) in [6, 6.07) is 6.65. The third-order valence-corrected chi connectivity index (χ3v) is 3.12. The number of alkyl halides is 3. The Kier molecular flexibility index (Phi) is 4.42. The highest BCUT2D eigenvalue weighted by Gasteiger charge is 2.31. The van der Waals surface area contributed by atoms with Gasteiger partial charge in [0, 0.05) is 5.56 Å². The summed E-state index contributed by atoms with van der Waals surface area (Å²) in [5, 5.41) is 9.30. The molecule has 22 heavy (non-hydrogen) atoms. The van der Waals surface area contributed by atoms with Gasteiger partial charge in [-0.3, -0.25) is 4.79 Å². The van der Waals surface area contributed by atoms with E-state index in [0.29, 0.717) is 0 Å². The first-order chi connectivity index (χ1) is 10.3. The molecule has 0 saturated carbocycles. The van der Waals surface area contributed by atoms with E-state index in [1.54, 1.807) is 12.3 Å². The minimum absolute atomic E-state index is 0.00299. The van der Waals surface area contributed by atoms with E-state index in [-0.39, 0.29) is 22.0 Å². The van der Waals surface area contributed by atoms with Crippen LogP contribution < -0.4 is 10.3 Å². The maximum atomic E-state index is 12.3. The zero-order valence-corrected chi connectivity index (χ0v) is 11.9. The highest BCUT2D eigenvalue weighted by Crippen LogP contribution is 2.28. The van der Waals surface area contributed by atoms with Gasteiger partial charge in [-0.15, -0.1) is 13.2 Å². The standard InChI is InChI=1S/C13H8F3N3O2S/c1-22-12-18-10(9(6-17)11(20)19-12)7-3-2-4-8(5-7)21-13(14,15)16/h2-5H,1H3,(H,18,19,20). The van der Waals surface area contributed by atoms with Crippen LogP contribution in [-0.2, 0) is 0 Å². The topological polar surface area (TPSA) is 78.8 Å². The molecular weight excluding hydrogens is 319 g/mol. The minimum Gasteiger partial charge on any atom is -0.406 e. The van der Waals surface area contributed by atoms with Gasteiger partial charge in [-0.1, -0.05) is 23.9 Å². The van der Waals surface area contributed by atoms with Gasteiger partial charge in [-0.25, -0.2) is 4.98 Å². The van der Waals surface area contributed by atoms with Gasteiger partial charge in [0.15, 0.2) is 5.16 Å². The SMILES string of the molecule is CSc1nc(-c2cccc(OC(F)(F)F)c2)c(C#N)c(=O)[nH]1. The number of nitrogens with zero attached hydrogens (tertiary/aromatic N) is 2. The van der Waals surface area contributed by atoms with Gasteiger partial charge in [0.05, 0.1) is 5.69 Å². The molecule has 0 aliphatic carbocycles. The van der Waals surface area contributed by atoms with Gasteiger partial charge in [0.2, 0.25) is 0 Å². The fraction of sp³-hybridized carbons (Fsp3) is 0.154. The highest BCUT2D eigenvalue weighted by atomic mass is 32.2. The zero-order chi connectivity index (χ0) is 16.3. The van der Waals surface area contributed by atoms with Crippen LogP contribution in [0.15, 0.2) is 34.2 Å². The highest BCUT2D eigenvalue weighted by molar-refractivity contribution is 7.98. The number of thioether (sulfide) groups is 1. The average Bonchev–Trinajstić information content (AvgIpc) is 2.44. The molecule has 0 amide bonds. The van der Waals surface area contributed by atoms with Crippen LogP contribution in [0.2, 0.25) is 0 Å². The van der Waals surface area contributed by atoms with Crippen LogP contribution in [0.4, 0.5) is 13.2 Å². The fourth-order valence-corrected chi connectivity index (χ4v) is 2.08. The molecule has 0 aliphatic heterocycles. The van der Waals surface area contributed by atoms with Crippen molar-refractivity contribution in [3.05, 3.63) is 40.2 Å². The summed E-state index contributed by atoms with van der Waals surface area (Å²) in [5.41, 5.74) is -0.746. The van der Waals surface area contributed by atoms with Gasteiger partial charge >= 0.3 is 6.36 Å². The summed E-state index contributed by atoms with van der Waals surface area (Å²) in [6.07, 6.45) is -3.17. The maximum absolute atomic E-state index is 12.3. The van der Waals surface area contributed by atoms with Crippen molar-refractivity contribution in [1.82, 2.24) is 9.97 Å². The molecule has 0 bridgehead atoms. The van der Waals surface area contributed by atoms with Crippen molar-refractivity contribution in [3.63, 3.8) is 0 Å². The second-order valence-corrected chi connectivity index (χ2v) is 4.78. The normalized spacial score (nSPS) is 11.0. The number of rotatable bonds is 3. The second kappa shape index (κ2) is 6.11. The first-order valence-electron chi connectivity index (χ1n) is 5.78. The van der Waals surface area contributed by atoms with E-state index in [1.165, 1.54) is 12.1 Å².